The molecule has 2 aromatic rings. The van der Waals surface area contributed by atoms with Crippen LogP contribution in [0.3, 0.4) is 0 Å². The SMILES string of the molecule is CCCC[C](CCCC)=[Zr+2]([C]1=CC(C(C)(C)C)=CC1C)[C]1=C(C)c2cc3c(cc2C1(C)C)Cc1cc2c(cc1-3)C(C)=CC2(C)C.[Cl-].[Cl-]. The molecule has 0 heterocycles. The van der Waals surface area contributed by atoms with Crippen molar-refractivity contribution in [2.24, 2.45) is 11.3 Å². The monoisotopic (exact) mass is 746 g/mol. The summed E-state index contributed by atoms with van der Waals surface area (Å²) in [4.78, 5) is 0. The van der Waals surface area contributed by atoms with E-state index in [0.29, 0.717) is 5.92 Å². The van der Waals surface area contributed by atoms with Gasteiger partial charge in [-0.1, -0.05) is 0 Å². The smallest absolute Gasteiger partial charge is 1.00 e. The summed E-state index contributed by atoms with van der Waals surface area (Å²) in [5.74, 6) is 0.561. The van der Waals surface area contributed by atoms with Crippen LogP contribution in [0.15, 0.2) is 54.6 Å². The number of hydrogen-bond donors (Lipinski definition) is 0. The summed E-state index contributed by atoms with van der Waals surface area (Å²) in [5.41, 5.74) is 17.2. The largest absolute Gasteiger partial charge is 1.00 e. The van der Waals surface area contributed by atoms with Gasteiger partial charge in [0, 0.05) is 0 Å². The summed E-state index contributed by atoms with van der Waals surface area (Å²) in [6.07, 6.45) is 16.8. The van der Waals surface area contributed by atoms with Crippen LogP contribution in [0.4, 0.5) is 0 Å². The predicted molar refractivity (Wildman–Crippen MR) is 196 cm³/mol. The molecule has 0 nitrogen and oxygen atoms in total. The molecule has 0 radical (unpaired) electrons. The van der Waals surface area contributed by atoms with Crippen LogP contribution in [0, 0.1) is 11.3 Å². The summed E-state index contributed by atoms with van der Waals surface area (Å²) in [7, 11) is 0. The third-order valence-corrected chi connectivity index (χ3v) is 21.1. The number of rotatable bonds is 8. The van der Waals surface area contributed by atoms with E-state index in [1.54, 1.807) is 27.8 Å². The molecule has 252 valence electrons. The van der Waals surface area contributed by atoms with Gasteiger partial charge in [-0.2, -0.15) is 0 Å². The van der Waals surface area contributed by atoms with Crippen molar-refractivity contribution in [3.63, 3.8) is 0 Å². The zero-order chi connectivity index (χ0) is 32.6. The molecule has 0 amide bonds. The van der Waals surface area contributed by atoms with E-state index in [1.165, 1.54) is 71.9 Å². The second-order valence-electron chi connectivity index (χ2n) is 16.9. The van der Waals surface area contributed by atoms with Gasteiger partial charge in [0.1, 0.15) is 0 Å². The molecule has 4 aliphatic rings. The van der Waals surface area contributed by atoms with Gasteiger partial charge in [-0.05, 0) is 0 Å². The second-order valence-corrected chi connectivity index (χ2v) is 23.1. The Hall–Kier alpha value is -1.27. The molecular formula is C44H58Cl2Zr. The Morgan fingerprint density at radius 2 is 1.36 bits per heavy atom. The van der Waals surface area contributed by atoms with Crippen molar-refractivity contribution in [1.29, 1.82) is 0 Å². The van der Waals surface area contributed by atoms with Gasteiger partial charge in [0.05, 0.1) is 0 Å². The Kier molecular flexibility index (Phi) is 11.3. The molecule has 0 bridgehead atoms. The molecule has 0 fully saturated rings. The molecule has 0 N–H and O–H groups in total. The second kappa shape index (κ2) is 13.8. The van der Waals surface area contributed by atoms with Gasteiger partial charge in [-0.25, -0.2) is 0 Å². The molecule has 1 atom stereocenters. The molecule has 0 saturated carbocycles. The fourth-order valence-electron chi connectivity index (χ4n) is 9.06. The zero-order valence-electron chi connectivity index (χ0n) is 31.3. The topological polar surface area (TPSA) is 0 Å². The van der Waals surface area contributed by atoms with Gasteiger partial charge in [0.25, 0.3) is 0 Å². The first-order valence-corrected chi connectivity index (χ1v) is 21.7. The Morgan fingerprint density at radius 1 is 0.809 bits per heavy atom. The minimum Gasteiger partial charge on any atom is -1.00 e. The quantitative estimate of drug-likeness (QED) is 0.242. The molecule has 3 heteroatoms. The Morgan fingerprint density at radius 3 is 1.89 bits per heavy atom. The van der Waals surface area contributed by atoms with Crippen LogP contribution >= 0.6 is 0 Å². The summed E-state index contributed by atoms with van der Waals surface area (Å²) in [6, 6.07) is 10.4. The first-order chi connectivity index (χ1) is 21.1. The molecule has 0 spiro atoms. The van der Waals surface area contributed by atoms with E-state index in [0.717, 1.165) is 6.42 Å². The van der Waals surface area contributed by atoms with Crippen molar-refractivity contribution < 1.29 is 46.1 Å². The van der Waals surface area contributed by atoms with Crippen molar-refractivity contribution in [3.05, 3.63) is 88.0 Å². The predicted octanol–water partition coefficient (Wildman–Crippen LogP) is 6.66. The molecule has 47 heavy (non-hydrogen) atoms. The van der Waals surface area contributed by atoms with Crippen LogP contribution in [0.1, 0.15) is 155 Å². The summed E-state index contributed by atoms with van der Waals surface area (Å²) in [5, 5.41) is 0. The standard InChI is InChI=1S/C25H25.C10H15.C9H18.2ClH.Zr/c1-14-12-24(3,4)22-8-16-7-17-9-23-19(15(2)13-25(23,5)6)11-21(17)20(16)10-18(14)22;1-8-5-6-9(7-8)10(2,3)4;1-3-5-7-9-8-6-4-2;;;/h8-12H,7H2,1-6H3;6-8H,1-4H3;3-8H2,1-2H3;2*1H;/q;;;;;+2/p-2. The van der Waals surface area contributed by atoms with Crippen LogP contribution in [0.2, 0.25) is 0 Å². The van der Waals surface area contributed by atoms with Gasteiger partial charge < -0.3 is 24.8 Å². The maximum absolute atomic E-state index is 2.71. The molecule has 1 unspecified atom stereocenters. The van der Waals surface area contributed by atoms with Crippen LogP contribution in [-0.4, -0.2) is 3.21 Å². The van der Waals surface area contributed by atoms with Gasteiger partial charge in [0.2, 0.25) is 0 Å². The van der Waals surface area contributed by atoms with E-state index in [-0.39, 0.29) is 41.1 Å². The van der Waals surface area contributed by atoms with E-state index in [9.17, 15) is 0 Å². The van der Waals surface area contributed by atoms with Crippen molar-refractivity contribution in [1.82, 2.24) is 0 Å². The molecule has 0 aliphatic heterocycles. The van der Waals surface area contributed by atoms with E-state index in [1.807, 2.05) is 9.77 Å². The average Bonchev–Trinajstić information content (AvgIpc) is 3.64. The van der Waals surface area contributed by atoms with E-state index in [2.05, 4.69) is 126 Å². The van der Waals surface area contributed by atoms with Gasteiger partial charge >= 0.3 is 285 Å². The van der Waals surface area contributed by atoms with Crippen LogP contribution in [0.25, 0.3) is 22.3 Å². The molecule has 4 aliphatic carbocycles. The number of benzene rings is 2. The number of halogens is 2. The number of unbranched alkanes of at least 4 members (excludes halogenated alkanes) is 2. The van der Waals surface area contributed by atoms with E-state index in [4.69, 9.17) is 0 Å². The maximum atomic E-state index is 2.71. The molecule has 6 rings (SSSR count). The van der Waals surface area contributed by atoms with Gasteiger partial charge in [0.15, 0.2) is 0 Å². The molecule has 0 aromatic heterocycles. The maximum Gasteiger partial charge on any atom is -1.00 e. The van der Waals surface area contributed by atoms with Crippen molar-refractivity contribution >= 4 is 14.4 Å². The summed E-state index contributed by atoms with van der Waals surface area (Å²) < 4.78 is 5.71. The first-order valence-electron chi connectivity index (χ1n) is 18.0. The average molecular weight is 749 g/mol. The third-order valence-electron chi connectivity index (χ3n) is 11.6. The summed E-state index contributed by atoms with van der Waals surface area (Å²) in [6.45, 7) is 29.2. The number of allylic oxidation sites excluding steroid dienone is 8. The minimum absolute atomic E-state index is 0. The third kappa shape index (κ3) is 6.54. The Bertz CT molecular complexity index is 1740. The fourth-order valence-corrected chi connectivity index (χ4v) is 18.9. The van der Waals surface area contributed by atoms with Crippen molar-refractivity contribution in [2.45, 2.75) is 139 Å². The van der Waals surface area contributed by atoms with E-state index >= 15 is 0 Å². The van der Waals surface area contributed by atoms with Crippen LogP contribution in [0.5, 0.6) is 0 Å². The van der Waals surface area contributed by atoms with Gasteiger partial charge in [-0.3, -0.25) is 0 Å². The zero-order valence-corrected chi connectivity index (χ0v) is 35.3. The van der Waals surface area contributed by atoms with Crippen LogP contribution < -0.4 is 24.8 Å². The van der Waals surface area contributed by atoms with Crippen molar-refractivity contribution in [3.8, 4) is 11.1 Å². The molecular weight excluding hydrogens is 691 g/mol. The minimum atomic E-state index is -2.41. The Labute approximate surface area is 307 Å². The normalized spacial score (nSPS) is 19.4. The first kappa shape index (κ1) is 38.5. The fraction of sp³-hybridized carbons (Fsp3) is 0.523. The number of hydrogen-bond acceptors (Lipinski definition) is 0. The molecule has 0 saturated heterocycles. The number of fused-ring (bicyclic) bond motifs is 5. The van der Waals surface area contributed by atoms with E-state index < -0.39 is 21.3 Å². The Balaban J connectivity index is 0.00000250. The molecule has 2 aromatic carbocycles. The van der Waals surface area contributed by atoms with Crippen molar-refractivity contribution in [2.75, 3.05) is 0 Å². The van der Waals surface area contributed by atoms with Crippen LogP contribution in [-0.2, 0) is 38.5 Å². The summed E-state index contributed by atoms with van der Waals surface area (Å²) >= 11 is -2.41. The van der Waals surface area contributed by atoms with Gasteiger partial charge in [-0.15, -0.1) is 0 Å².